The number of hydrogen-bond donors (Lipinski definition) is 0. The molecule has 0 bridgehead atoms. The summed E-state index contributed by atoms with van der Waals surface area (Å²) in [5.41, 5.74) is 2.09. The molecule has 2 aromatic rings. The summed E-state index contributed by atoms with van der Waals surface area (Å²) in [7, 11) is 1.81. The van der Waals surface area contributed by atoms with Crippen molar-refractivity contribution in [2.45, 2.75) is 25.0 Å². The number of ether oxygens (including phenoxy) is 1. The number of aromatic nitrogens is 2. The van der Waals surface area contributed by atoms with Crippen molar-refractivity contribution in [3.8, 4) is 5.69 Å². The van der Waals surface area contributed by atoms with Gasteiger partial charge in [0.1, 0.15) is 5.60 Å². The molecule has 126 valence electrons. The predicted octanol–water partition coefficient (Wildman–Crippen LogP) is 2.29. The molecule has 0 N–H and O–H groups in total. The minimum Gasteiger partial charge on any atom is -0.441 e. The summed E-state index contributed by atoms with van der Waals surface area (Å²) >= 11 is 0. The number of benzene rings is 1. The number of amides is 1. The van der Waals surface area contributed by atoms with Crippen molar-refractivity contribution in [1.29, 1.82) is 0 Å². The Hall–Kier alpha value is -2.34. The maximum Gasteiger partial charge on any atom is 0.410 e. The predicted molar refractivity (Wildman–Crippen MR) is 89.9 cm³/mol. The van der Waals surface area contributed by atoms with Crippen LogP contribution in [0.3, 0.4) is 0 Å². The number of likely N-dealkylation sites (tertiary alicyclic amines) is 1. The molecular formula is C18H22N4O2. The van der Waals surface area contributed by atoms with Crippen LogP contribution >= 0.6 is 0 Å². The Labute approximate surface area is 141 Å². The molecule has 3 heterocycles. The molecule has 2 aliphatic rings. The number of carbonyl (C=O) groups excluding carboxylic acids is 1. The molecule has 2 aliphatic heterocycles. The smallest absolute Gasteiger partial charge is 0.410 e. The van der Waals surface area contributed by atoms with Crippen molar-refractivity contribution in [3.05, 3.63) is 48.3 Å². The number of likely N-dealkylation sites (N-methyl/N-ethyl adjacent to an activating group) is 1. The van der Waals surface area contributed by atoms with E-state index in [2.05, 4.69) is 34.3 Å². The van der Waals surface area contributed by atoms with Gasteiger partial charge in [0.2, 0.25) is 0 Å². The van der Waals surface area contributed by atoms with Gasteiger partial charge in [0.15, 0.2) is 0 Å². The highest BCUT2D eigenvalue weighted by Gasteiger charge is 2.45. The highest BCUT2D eigenvalue weighted by Crippen LogP contribution is 2.33. The van der Waals surface area contributed by atoms with Gasteiger partial charge in [-0.1, -0.05) is 12.1 Å². The van der Waals surface area contributed by atoms with Crippen molar-refractivity contribution < 1.29 is 9.53 Å². The van der Waals surface area contributed by atoms with Gasteiger partial charge >= 0.3 is 6.09 Å². The number of hydrogen-bond acceptors (Lipinski definition) is 4. The van der Waals surface area contributed by atoms with E-state index in [1.807, 2.05) is 24.0 Å². The van der Waals surface area contributed by atoms with E-state index in [9.17, 15) is 4.79 Å². The van der Waals surface area contributed by atoms with Gasteiger partial charge in [-0.2, -0.15) is 5.10 Å². The van der Waals surface area contributed by atoms with Crippen LogP contribution in [-0.4, -0.2) is 58.0 Å². The lowest BCUT2D eigenvalue weighted by Crippen LogP contribution is -2.46. The molecule has 1 aromatic carbocycles. The zero-order valence-electron chi connectivity index (χ0n) is 13.9. The van der Waals surface area contributed by atoms with Crippen molar-refractivity contribution >= 4 is 6.09 Å². The third-order valence-electron chi connectivity index (χ3n) is 4.99. The zero-order valence-corrected chi connectivity index (χ0v) is 13.9. The van der Waals surface area contributed by atoms with Crippen LogP contribution in [0.2, 0.25) is 0 Å². The monoisotopic (exact) mass is 326 g/mol. The van der Waals surface area contributed by atoms with E-state index in [4.69, 9.17) is 4.74 Å². The lowest BCUT2D eigenvalue weighted by molar-refractivity contribution is -0.00119. The van der Waals surface area contributed by atoms with E-state index >= 15 is 0 Å². The second-order valence-electron chi connectivity index (χ2n) is 6.80. The van der Waals surface area contributed by atoms with E-state index in [-0.39, 0.29) is 11.7 Å². The van der Waals surface area contributed by atoms with Gasteiger partial charge in [0.05, 0.1) is 12.2 Å². The number of piperidine rings is 1. The van der Waals surface area contributed by atoms with Crippen LogP contribution in [-0.2, 0) is 11.3 Å². The van der Waals surface area contributed by atoms with E-state index in [0.717, 1.165) is 38.2 Å². The summed E-state index contributed by atoms with van der Waals surface area (Å²) < 4.78 is 7.49. The minimum absolute atomic E-state index is 0.185. The summed E-state index contributed by atoms with van der Waals surface area (Å²) in [6, 6.07) is 10.4. The second-order valence-corrected chi connectivity index (χ2v) is 6.80. The van der Waals surface area contributed by atoms with E-state index < -0.39 is 0 Å². The second kappa shape index (κ2) is 5.94. The molecule has 0 atom stereocenters. The van der Waals surface area contributed by atoms with Gasteiger partial charge in [0, 0.05) is 51.9 Å². The highest BCUT2D eigenvalue weighted by molar-refractivity contribution is 5.70. The van der Waals surface area contributed by atoms with Crippen LogP contribution in [0.1, 0.15) is 18.4 Å². The van der Waals surface area contributed by atoms with Crippen LogP contribution in [0.15, 0.2) is 42.7 Å². The molecule has 0 aliphatic carbocycles. The van der Waals surface area contributed by atoms with Gasteiger partial charge in [-0.05, 0) is 23.8 Å². The molecule has 0 radical (unpaired) electrons. The standard InChI is InChI=1S/C18H22N4O2/c1-20-14-18(24-17(20)23)6-10-21(11-7-18)13-15-4-2-5-16(12-15)22-9-3-8-19-22/h2-5,8-9,12H,6-7,10-11,13-14H2,1H3. The summed E-state index contributed by atoms with van der Waals surface area (Å²) in [4.78, 5) is 15.8. The molecule has 1 aromatic heterocycles. The molecule has 1 spiro atoms. The lowest BCUT2D eigenvalue weighted by atomic mass is 9.91. The average Bonchev–Trinajstić information content (AvgIpc) is 3.20. The van der Waals surface area contributed by atoms with Crippen molar-refractivity contribution in [1.82, 2.24) is 19.6 Å². The van der Waals surface area contributed by atoms with E-state index in [1.54, 1.807) is 11.1 Å². The third-order valence-corrected chi connectivity index (χ3v) is 4.99. The van der Waals surface area contributed by atoms with E-state index in [0.29, 0.717) is 6.54 Å². The quantitative estimate of drug-likeness (QED) is 0.868. The molecule has 2 saturated heterocycles. The Morgan fingerprint density at radius 1 is 1.25 bits per heavy atom. The Balaban J connectivity index is 1.39. The highest BCUT2D eigenvalue weighted by atomic mass is 16.6. The SMILES string of the molecule is CN1CC2(CCN(Cc3cccc(-n4cccn4)c3)CC2)OC1=O. The fraction of sp³-hybridized carbons (Fsp3) is 0.444. The van der Waals surface area contributed by atoms with E-state index in [1.165, 1.54) is 5.56 Å². The molecule has 6 heteroatoms. The fourth-order valence-corrected chi connectivity index (χ4v) is 3.65. The van der Waals surface area contributed by atoms with Crippen molar-refractivity contribution in [2.75, 3.05) is 26.7 Å². The largest absolute Gasteiger partial charge is 0.441 e. The Bertz CT molecular complexity index is 720. The maximum absolute atomic E-state index is 11.7. The van der Waals surface area contributed by atoms with Gasteiger partial charge in [-0.25, -0.2) is 9.48 Å². The molecule has 1 amide bonds. The van der Waals surface area contributed by atoms with Crippen molar-refractivity contribution in [2.24, 2.45) is 0 Å². The number of carbonyl (C=O) groups is 1. The molecule has 24 heavy (non-hydrogen) atoms. The minimum atomic E-state index is -0.265. The summed E-state index contributed by atoms with van der Waals surface area (Å²) in [6.07, 6.45) is 5.37. The zero-order chi connectivity index (χ0) is 16.6. The number of rotatable bonds is 3. The Morgan fingerprint density at radius 3 is 2.75 bits per heavy atom. The fourth-order valence-electron chi connectivity index (χ4n) is 3.65. The molecule has 2 fully saturated rings. The van der Waals surface area contributed by atoms with Crippen molar-refractivity contribution in [3.63, 3.8) is 0 Å². The first kappa shape index (κ1) is 15.2. The van der Waals surface area contributed by atoms with Crippen LogP contribution in [0.25, 0.3) is 5.69 Å². The van der Waals surface area contributed by atoms with Gasteiger partial charge in [0.25, 0.3) is 0 Å². The van der Waals surface area contributed by atoms with Gasteiger partial charge in [-0.15, -0.1) is 0 Å². The topological polar surface area (TPSA) is 50.6 Å². The van der Waals surface area contributed by atoms with Crippen LogP contribution in [0, 0.1) is 0 Å². The van der Waals surface area contributed by atoms with Crippen LogP contribution < -0.4 is 0 Å². The first-order valence-electron chi connectivity index (χ1n) is 8.39. The van der Waals surface area contributed by atoms with Gasteiger partial charge < -0.3 is 9.64 Å². The Kier molecular flexibility index (Phi) is 3.76. The third kappa shape index (κ3) is 2.89. The molecule has 0 unspecified atom stereocenters. The summed E-state index contributed by atoms with van der Waals surface area (Å²) in [5.74, 6) is 0. The molecular weight excluding hydrogens is 304 g/mol. The van der Waals surface area contributed by atoms with Crippen LogP contribution in [0.5, 0.6) is 0 Å². The average molecular weight is 326 g/mol. The summed E-state index contributed by atoms with van der Waals surface area (Å²) in [5, 5.41) is 4.29. The maximum atomic E-state index is 11.7. The van der Waals surface area contributed by atoms with Gasteiger partial charge in [-0.3, -0.25) is 4.90 Å². The first-order valence-corrected chi connectivity index (χ1v) is 8.39. The van der Waals surface area contributed by atoms with Crippen LogP contribution in [0.4, 0.5) is 4.79 Å². The molecule has 0 saturated carbocycles. The molecule has 4 rings (SSSR count). The first-order chi connectivity index (χ1) is 11.6. The Morgan fingerprint density at radius 2 is 2.08 bits per heavy atom. The summed E-state index contributed by atoms with van der Waals surface area (Å²) in [6.45, 7) is 3.53. The normalized spacial score (nSPS) is 20.5. The number of nitrogens with zero attached hydrogens (tertiary/aromatic N) is 4. The molecule has 6 nitrogen and oxygen atoms in total. The lowest BCUT2D eigenvalue weighted by Gasteiger charge is -2.37.